The SMILES string of the molecule is NCC(=O)O.[Zn+2]. The Morgan fingerprint density at radius 2 is 2.00 bits per heavy atom. The minimum atomic E-state index is -0.968. The van der Waals surface area contributed by atoms with Crippen LogP contribution in [-0.2, 0) is 24.3 Å². The van der Waals surface area contributed by atoms with Gasteiger partial charge < -0.3 is 10.8 Å². The molecule has 0 aliphatic carbocycles. The molecule has 0 aromatic rings. The monoisotopic (exact) mass is 139 g/mol. The molecule has 0 spiro atoms. The normalized spacial score (nSPS) is 6.17. The number of aliphatic carboxylic acids is 1. The molecule has 0 rings (SSSR count). The molecule has 0 unspecified atom stereocenters. The zero-order valence-electron chi connectivity index (χ0n) is 3.35. The molecule has 0 amide bonds. The predicted octanol–water partition coefficient (Wildman–Crippen LogP) is -0.973. The number of hydrogen-bond donors (Lipinski definition) is 2. The number of carboxylic acids is 1. The number of carboxylic acid groups (broad SMARTS) is 1. The maximum absolute atomic E-state index is 9.24. The molecule has 0 atom stereocenters. The van der Waals surface area contributed by atoms with E-state index in [4.69, 9.17) is 5.11 Å². The van der Waals surface area contributed by atoms with Crippen molar-refractivity contribution < 1.29 is 29.4 Å². The molecular formula is C2H5NO2Zn+2. The van der Waals surface area contributed by atoms with Gasteiger partial charge in [0.15, 0.2) is 0 Å². The number of rotatable bonds is 1. The Balaban J connectivity index is 0. The minimum Gasteiger partial charge on any atom is -0.480 e. The predicted molar refractivity (Wildman–Crippen MR) is 16.7 cm³/mol. The van der Waals surface area contributed by atoms with Crippen molar-refractivity contribution in [3.8, 4) is 0 Å². The molecule has 0 aromatic carbocycles. The third-order valence-corrected chi connectivity index (χ3v) is 0.175. The van der Waals surface area contributed by atoms with Crippen molar-refractivity contribution in [1.29, 1.82) is 0 Å². The summed E-state index contributed by atoms with van der Waals surface area (Å²) in [5.41, 5.74) is 4.57. The summed E-state index contributed by atoms with van der Waals surface area (Å²) in [5.74, 6) is -0.968. The Hall–Kier alpha value is 0.0534. The van der Waals surface area contributed by atoms with Crippen molar-refractivity contribution in [2.45, 2.75) is 0 Å². The van der Waals surface area contributed by atoms with Crippen LogP contribution in [0.1, 0.15) is 0 Å². The van der Waals surface area contributed by atoms with Crippen LogP contribution in [0, 0.1) is 0 Å². The summed E-state index contributed by atoms with van der Waals surface area (Å²) in [6, 6.07) is 0. The third-order valence-electron chi connectivity index (χ3n) is 0.175. The summed E-state index contributed by atoms with van der Waals surface area (Å²) < 4.78 is 0. The summed E-state index contributed by atoms with van der Waals surface area (Å²) in [7, 11) is 0. The van der Waals surface area contributed by atoms with Crippen molar-refractivity contribution in [3.05, 3.63) is 0 Å². The fourth-order valence-corrected chi connectivity index (χ4v) is 0. The standard InChI is InChI=1S/C2H5NO2.Zn/c3-1-2(4)5;/h1,3H2,(H,4,5);/q;+2. The molecule has 0 aromatic heterocycles. The summed E-state index contributed by atoms with van der Waals surface area (Å²) in [6.45, 7) is -0.278. The van der Waals surface area contributed by atoms with Crippen molar-refractivity contribution in [3.63, 3.8) is 0 Å². The van der Waals surface area contributed by atoms with Crippen LogP contribution >= 0.6 is 0 Å². The Bertz CT molecular complexity index is 46.8. The van der Waals surface area contributed by atoms with E-state index in [2.05, 4.69) is 5.73 Å². The molecular weight excluding hydrogens is 135 g/mol. The van der Waals surface area contributed by atoms with Crippen LogP contribution < -0.4 is 5.73 Å². The largest absolute Gasteiger partial charge is 2.00 e. The molecule has 6 heavy (non-hydrogen) atoms. The van der Waals surface area contributed by atoms with Gasteiger partial charge in [0.25, 0.3) is 0 Å². The van der Waals surface area contributed by atoms with Gasteiger partial charge in [0.1, 0.15) is 0 Å². The molecule has 0 aliphatic heterocycles. The van der Waals surface area contributed by atoms with E-state index in [1.807, 2.05) is 0 Å². The third kappa shape index (κ3) is 8.96. The first-order chi connectivity index (χ1) is 2.27. The Labute approximate surface area is 48.3 Å². The van der Waals surface area contributed by atoms with Crippen molar-refractivity contribution in [2.75, 3.05) is 6.54 Å². The van der Waals surface area contributed by atoms with Crippen LogP contribution in [0.2, 0.25) is 0 Å². The molecule has 0 fully saturated rings. The van der Waals surface area contributed by atoms with E-state index in [-0.39, 0.29) is 26.0 Å². The van der Waals surface area contributed by atoms with Crippen molar-refractivity contribution in [1.82, 2.24) is 0 Å². The van der Waals surface area contributed by atoms with Crippen LogP contribution in [0.15, 0.2) is 0 Å². The van der Waals surface area contributed by atoms with E-state index in [1.165, 1.54) is 0 Å². The van der Waals surface area contributed by atoms with E-state index < -0.39 is 5.97 Å². The molecule has 0 saturated carbocycles. The topological polar surface area (TPSA) is 63.3 Å². The fourth-order valence-electron chi connectivity index (χ4n) is 0. The second-order valence-corrected chi connectivity index (χ2v) is 0.598. The van der Waals surface area contributed by atoms with E-state index in [0.29, 0.717) is 0 Å². The van der Waals surface area contributed by atoms with Gasteiger partial charge in [-0.25, -0.2) is 0 Å². The van der Waals surface area contributed by atoms with Gasteiger partial charge in [-0.15, -0.1) is 0 Å². The molecule has 4 heteroatoms. The second kappa shape index (κ2) is 5.05. The van der Waals surface area contributed by atoms with Crippen LogP contribution in [-0.4, -0.2) is 17.6 Å². The number of hydrogen-bond acceptors (Lipinski definition) is 2. The maximum Gasteiger partial charge on any atom is 2.00 e. The van der Waals surface area contributed by atoms with Crippen molar-refractivity contribution in [2.24, 2.45) is 5.73 Å². The van der Waals surface area contributed by atoms with Gasteiger partial charge in [-0.1, -0.05) is 0 Å². The van der Waals surface area contributed by atoms with Crippen LogP contribution in [0.3, 0.4) is 0 Å². The molecule has 3 nitrogen and oxygen atoms in total. The number of carbonyl (C=O) groups is 1. The van der Waals surface area contributed by atoms with Crippen LogP contribution in [0.4, 0.5) is 0 Å². The van der Waals surface area contributed by atoms with Crippen LogP contribution in [0.5, 0.6) is 0 Å². The Morgan fingerprint density at radius 1 is 1.83 bits per heavy atom. The average Bonchev–Trinajstić information content (AvgIpc) is 1.38. The Kier molecular flexibility index (Phi) is 7.92. The minimum absolute atomic E-state index is 0. The molecule has 0 saturated heterocycles. The maximum atomic E-state index is 9.24. The van der Waals surface area contributed by atoms with Gasteiger partial charge in [0.05, 0.1) is 6.54 Å². The van der Waals surface area contributed by atoms with Crippen molar-refractivity contribution >= 4 is 5.97 Å². The molecule has 30 valence electrons. The van der Waals surface area contributed by atoms with E-state index in [1.54, 1.807) is 0 Å². The first-order valence-corrected chi connectivity index (χ1v) is 1.19. The van der Waals surface area contributed by atoms with Gasteiger partial charge in [-0.2, -0.15) is 0 Å². The molecule has 0 aliphatic rings. The second-order valence-electron chi connectivity index (χ2n) is 0.598. The first kappa shape index (κ1) is 9.41. The zero-order valence-corrected chi connectivity index (χ0v) is 6.31. The van der Waals surface area contributed by atoms with E-state index in [9.17, 15) is 4.79 Å². The summed E-state index contributed by atoms with van der Waals surface area (Å²) in [4.78, 5) is 9.24. The van der Waals surface area contributed by atoms with E-state index >= 15 is 0 Å². The summed E-state index contributed by atoms with van der Waals surface area (Å²) >= 11 is 0. The fraction of sp³-hybridized carbons (Fsp3) is 0.500. The van der Waals surface area contributed by atoms with Gasteiger partial charge in [0, 0.05) is 0 Å². The number of nitrogens with two attached hydrogens (primary N) is 1. The van der Waals surface area contributed by atoms with E-state index in [0.717, 1.165) is 0 Å². The van der Waals surface area contributed by atoms with Gasteiger partial charge in [0.2, 0.25) is 0 Å². The first-order valence-electron chi connectivity index (χ1n) is 1.19. The quantitative estimate of drug-likeness (QED) is 0.461. The van der Waals surface area contributed by atoms with Gasteiger partial charge in [-0.05, 0) is 0 Å². The molecule has 0 heterocycles. The summed E-state index contributed by atoms with van der Waals surface area (Å²) in [6.07, 6.45) is 0. The molecule has 0 bridgehead atoms. The van der Waals surface area contributed by atoms with Crippen LogP contribution in [0.25, 0.3) is 0 Å². The molecule has 0 radical (unpaired) electrons. The zero-order chi connectivity index (χ0) is 4.28. The average molecular weight is 140 g/mol. The van der Waals surface area contributed by atoms with Gasteiger partial charge >= 0.3 is 25.4 Å². The smallest absolute Gasteiger partial charge is 0.480 e. The van der Waals surface area contributed by atoms with Gasteiger partial charge in [-0.3, -0.25) is 4.79 Å². The molecule has 3 N–H and O–H groups in total. The Morgan fingerprint density at radius 3 is 2.00 bits per heavy atom. The summed E-state index contributed by atoms with van der Waals surface area (Å²) in [5, 5.41) is 7.60.